The average Bonchev–Trinajstić information content (AvgIpc) is 2.46. The number of benzene rings is 1. The zero-order chi connectivity index (χ0) is 15.6. The first-order valence-electron chi connectivity index (χ1n) is 7.27. The van der Waals surface area contributed by atoms with Gasteiger partial charge in [-0.15, -0.1) is 0 Å². The van der Waals surface area contributed by atoms with E-state index in [1.807, 2.05) is 19.1 Å². The number of nitrogens with two attached hydrogens (primary N) is 1. The van der Waals surface area contributed by atoms with Crippen LogP contribution < -0.4 is 5.73 Å². The lowest BCUT2D eigenvalue weighted by molar-refractivity contribution is -0.134. The number of nitrogen functional groups attached to an aromatic ring is 1. The summed E-state index contributed by atoms with van der Waals surface area (Å²) >= 11 is 0. The lowest BCUT2D eigenvalue weighted by Gasteiger charge is -2.33. The molecule has 0 bridgehead atoms. The standard InChI is InChI=1S/C16H23N3O2/c1-11-5-4-6-13(17)14(11)16(21)19-9-7-12(8-10-19)15(20)18(2)3/h4-6,12H,7-10,17H2,1-3H3. The van der Waals surface area contributed by atoms with Crippen LogP contribution in [-0.2, 0) is 4.79 Å². The van der Waals surface area contributed by atoms with E-state index in [1.165, 1.54) is 0 Å². The Morgan fingerprint density at radius 2 is 1.86 bits per heavy atom. The van der Waals surface area contributed by atoms with Gasteiger partial charge in [0.15, 0.2) is 0 Å². The van der Waals surface area contributed by atoms with Crippen LogP contribution in [0.1, 0.15) is 28.8 Å². The van der Waals surface area contributed by atoms with Gasteiger partial charge in [0.05, 0.1) is 5.56 Å². The molecule has 0 saturated carbocycles. The molecule has 0 atom stereocenters. The highest BCUT2D eigenvalue weighted by Gasteiger charge is 2.29. The number of likely N-dealkylation sites (tertiary alicyclic amines) is 1. The van der Waals surface area contributed by atoms with Crippen LogP contribution in [0.2, 0.25) is 0 Å². The van der Waals surface area contributed by atoms with E-state index in [0.29, 0.717) is 37.2 Å². The van der Waals surface area contributed by atoms with E-state index in [9.17, 15) is 9.59 Å². The van der Waals surface area contributed by atoms with Crippen LogP contribution >= 0.6 is 0 Å². The third-order valence-corrected chi connectivity index (χ3v) is 4.09. The summed E-state index contributed by atoms with van der Waals surface area (Å²) in [7, 11) is 3.54. The molecule has 2 rings (SSSR count). The molecule has 5 heteroatoms. The van der Waals surface area contributed by atoms with Crippen LogP contribution in [0.4, 0.5) is 5.69 Å². The molecule has 2 amide bonds. The number of anilines is 1. The maximum absolute atomic E-state index is 12.6. The van der Waals surface area contributed by atoms with Crippen molar-refractivity contribution in [3.05, 3.63) is 29.3 Å². The summed E-state index contributed by atoms with van der Waals surface area (Å²) in [6.45, 7) is 3.11. The second kappa shape index (κ2) is 6.16. The van der Waals surface area contributed by atoms with Crippen molar-refractivity contribution >= 4 is 17.5 Å². The van der Waals surface area contributed by atoms with Gasteiger partial charge in [0.25, 0.3) is 5.91 Å². The second-order valence-corrected chi connectivity index (χ2v) is 5.84. The summed E-state index contributed by atoms with van der Waals surface area (Å²) in [4.78, 5) is 28.0. The number of piperidine rings is 1. The van der Waals surface area contributed by atoms with Crippen molar-refractivity contribution in [3.8, 4) is 0 Å². The predicted molar refractivity (Wildman–Crippen MR) is 82.9 cm³/mol. The van der Waals surface area contributed by atoms with Gasteiger partial charge in [0.2, 0.25) is 5.91 Å². The quantitative estimate of drug-likeness (QED) is 0.839. The molecule has 0 radical (unpaired) electrons. The second-order valence-electron chi connectivity index (χ2n) is 5.84. The highest BCUT2D eigenvalue weighted by Crippen LogP contribution is 2.24. The number of hydrogen-bond acceptors (Lipinski definition) is 3. The molecular weight excluding hydrogens is 266 g/mol. The van der Waals surface area contributed by atoms with E-state index >= 15 is 0 Å². The highest BCUT2D eigenvalue weighted by atomic mass is 16.2. The predicted octanol–water partition coefficient (Wildman–Crippen LogP) is 1.52. The zero-order valence-corrected chi connectivity index (χ0v) is 12.9. The van der Waals surface area contributed by atoms with Crippen molar-refractivity contribution in [3.63, 3.8) is 0 Å². The smallest absolute Gasteiger partial charge is 0.256 e. The molecule has 1 aliphatic rings. The van der Waals surface area contributed by atoms with Crippen molar-refractivity contribution in [2.24, 2.45) is 5.92 Å². The van der Waals surface area contributed by atoms with Crippen molar-refractivity contribution in [1.82, 2.24) is 9.80 Å². The summed E-state index contributed by atoms with van der Waals surface area (Å²) in [6.07, 6.45) is 1.43. The molecule has 0 aliphatic carbocycles. The molecular formula is C16H23N3O2. The first-order valence-corrected chi connectivity index (χ1v) is 7.27. The third kappa shape index (κ3) is 3.17. The molecule has 1 aliphatic heterocycles. The minimum absolute atomic E-state index is 0.0262. The lowest BCUT2D eigenvalue weighted by atomic mass is 9.94. The van der Waals surface area contributed by atoms with Gasteiger partial charge in [-0.3, -0.25) is 9.59 Å². The van der Waals surface area contributed by atoms with Crippen molar-refractivity contribution in [2.75, 3.05) is 32.9 Å². The summed E-state index contributed by atoms with van der Waals surface area (Å²) in [6, 6.07) is 5.50. The fourth-order valence-electron chi connectivity index (χ4n) is 2.84. The zero-order valence-electron chi connectivity index (χ0n) is 12.9. The topological polar surface area (TPSA) is 66.6 Å². The number of carbonyl (C=O) groups is 2. The van der Waals surface area contributed by atoms with Crippen LogP contribution in [0, 0.1) is 12.8 Å². The van der Waals surface area contributed by atoms with E-state index < -0.39 is 0 Å². The van der Waals surface area contributed by atoms with Crippen molar-refractivity contribution in [2.45, 2.75) is 19.8 Å². The monoisotopic (exact) mass is 289 g/mol. The van der Waals surface area contributed by atoms with Gasteiger partial charge < -0.3 is 15.5 Å². The lowest BCUT2D eigenvalue weighted by Crippen LogP contribution is -2.43. The molecule has 2 N–H and O–H groups in total. The van der Waals surface area contributed by atoms with Gasteiger partial charge in [0, 0.05) is 38.8 Å². The maximum atomic E-state index is 12.6. The Kier molecular flexibility index (Phi) is 4.50. The summed E-state index contributed by atoms with van der Waals surface area (Å²) in [5, 5.41) is 0. The highest BCUT2D eigenvalue weighted by molar-refractivity contribution is 6.00. The largest absolute Gasteiger partial charge is 0.398 e. The van der Waals surface area contributed by atoms with Crippen LogP contribution in [0.5, 0.6) is 0 Å². The number of rotatable bonds is 2. The Morgan fingerprint density at radius 3 is 2.38 bits per heavy atom. The van der Waals surface area contributed by atoms with Gasteiger partial charge >= 0.3 is 0 Å². The van der Waals surface area contributed by atoms with Gasteiger partial charge in [-0.25, -0.2) is 0 Å². The van der Waals surface area contributed by atoms with E-state index in [2.05, 4.69) is 0 Å². The van der Waals surface area contributed by atoms with E-state index in [0.717, 1.165) is 5.56 Å². The number of aryl methyl sites for hydroxylation is 1. The Labute approximate surface area is 125 Å². The number of amides is 2. The minimum atomic E-state index is -0.0265. The number of nitrogens with zero attached hydrogens (tertiary/aromatic N) is 2. The van der Waals surface area contributed by atoms with Crippen LogP contribution in [-0.4, -0.2) is 48.8 Å². The van der Waals surface area contributed by atoms with Gasteiger partial charge in [-0.2, -0.15) is 0 Å². The van der Waals surface area contributed by atoms with Crippen LogP contribution in [0.15, 0.2) is 18.2 Å². The van der Waals surface area contributed by atoms with Crippen molar-refractivity contribution in [1.29, 1.82) is 0 Å². The molecule has 1 aromatic rings. The Balaban J connectivity index is 2.06. The summed E-state index contributed by atoms with van der Waals surface area (Å²) < 4.78 is 0. The molecule has 5 nitrogen and oxygen atoms in total. The molecule has 1 saturated heterocycles. The molecule has 1 heterocycles. The Hall–Kier alpha value is -2.04. The van der Waals surface area contributed by atoms with Gasteiger partial charge in [-0.05, 0) is 31.4 Å². The third-order valence-electron chi connectivity index (χ3n) is 4.09. The molecule has 0 spiro atoms. The fraction of sp³-hybridized carbons (Fsp3) is 0.500. The molecule has 0 aromatic heterocycles. The SMILES string of the molecule is Cc1cccc(N)c1C(=O)N1CCC(C(=O)N(C)C)CC1. The maximum Gasteiger partial charge on any atom is 0.256 e. The van der Waals surface area contributed by atoms with Crippen molar-refractivity contribution < 1.29 is 9.59 Å². The van der Waals surface area contributed by atoms with E-state index in [1.54, 1.807) is 30.0 Å². The molecule has 114 valence electrons. The Morgan fingerprint density at radius 1 is 1.24 bits per heavy atom. The summed E-state index contributed by atoms with van der Waals surface area (Å²) in [5.41, 5.74) is 7.94. The normalized spacial score (nSPS) is 15.9. The molecule has 0 unspecified atom stereocenters. The fourth-order valence-corrected chi connectivity index (χ4v) is 2.84. The summed E-state index contributed by atoms with van der Waals surface area (Å²) in [5.74, 6) is 0.150. The number of hydrogen-bond donors (Lipinski definition) is 1. The average molecular weight is 289 g/mol. The molecule has 21 heavy (non-hydrogen) atoms. The van der Waals surface area contributed by atoms with Crippen LogP contribution in [0.25, 0.3) is 0 Å². The number of carbonyl (C=O) groups excluding carboxylic acids is 2. The first-order chi connectivity index (χ1) is 9.91. The van der Waals surface area contributed by atoms with E-state index in [4.69, 9.17) is 5.73 Å². The van der Waals surface area contributed by atoms with Crippen LogP contribution in [0.3, 0.4) is 0 Å². The van der Waals surface area contributed by atoms with Gasteiger partial charge in [-0.1, -0.05) is 12.1 Å². The first kappa shape index (κ1) is 15.4. The van der Waals surface area contributed by atoms with E-state index in [-0.39, 0.29) is 17.7 Å². The minimum Gasteiger partial charge on any atom is -0.398 e. The molecule has 1 fully saturated rings. The van der Waals surface area contributed by atoms with Gasteiger partial charge in [0.1, 0.15) is 0 Å². The molecule has 1 aromatic carbocycles. The Bertz CT molecular complexity index is 526.